The van der Waals surface area contributed by atoms with Crippen LogP contribution in [0.2, 0.25) is 0 Å². The van der Waals surface area contributed by atoms with Gasteiger partial charge in [0.15, 0.2) is 16.1 Å². The zero-order valence-electron chi connectivity index (χ0n) is 15.6. The van der Waals surface area contributed by atoms with Gasteiger partial charge in [0.1, 0.15) is 9.75 Å². The highest BCUT2D eigenvalue weighted by molar-refractivity contribution is 6.65. The number of fused-ring (bicyclic) bond motifs is 5. The Morgan fingerprint density at radius 2 is 1.18 bits per heavy atom. The van der Waals surface area contributed by atoms with Gasteiger partial charge in [-0.3, -0.25) is 4.57 Å². The van der Waals surface area contributed by atoms with E-state index >= 15 is 0 Å². The normalized spacial score (nSPS) is 35.5. The molecule has 1 aromatic heterocycles. The van der Waals surface area contributed by atoms with Gasteiger partial charge in [0.05, 0.1) is 21.2 Å². The van der Waals surface area contributed by atoms with E-state index in [1.54, 1.807) is 0 Å². The summed E-state index contributed by atoms with van der Waals surface area (Å²) in [6.07, 6.45) is 1.30. The van der Waals surface area contributed by atoms with E-state index in [2.05, 4.69) is 33.0 Å². The van der Waals surface area contributed by atoms with E-state index in [0.717, 1.165) is 0 Å². The molecule has 0 spiro atoms. The minimum Gasteiger partial charge on any atom is -0.494 e. The first-order valence-electron chi connectivity index (χ1n) is 8.81. The van der Waals surface area contributed by atoms with E-state index in [-0.39, 0.29) is 50.1 Å². The van der Waals surface area contributed by atoms with Crippen molar-refractivity contribution in [3.05, 3.63) is 21.2 Å². The fourth-order valence-corrected chi connectivity index (χ4v) is 8.04. The average Bonchev–Trinajstić information content (AvgIpc) is 2.89. The number of hydrogen-bond donors (Lipinski definition) is 3. The summed E-state index contributed by atoms with van der Waals surface area (Å²) in [5.41, 5.74) is -0.246. The first-order valence-corrected chi connectivity index (χ1v) is 11.1. The third-order valence-electron chi connectivity index (χ3n) is 6.04. The van der Waals surface area contributed by atoms with E-state index < -0.39 is 14.1 Å². The molecule has 28 heavy (non-hydrogen) atoms. The van der Waals surface area contributed by atoms with Crippen LogP contribution in [0.3, 0.4) is 0 Å². The van der Waals surface area contributed by atoms with E-state index in [0.29, 0.717) is 12.8 Å². The molecule has 156 valence electrons. The summed E-state index contributed by atoms with van der Waals surface area (Å²) in [4.78, 5) is -3.53. The van der Waals surface area contributed by atoms with Crippen LogP contribution < -0.4 is 5.32 Å². The monoisotopic (exact) mass is 506 g/mol. The molecular formula is C18H20Cl6N2O2. The molecule has 2 heterocycles. The van der Waals surface area contributed by atoms with Crippen molar-refractivity contribution in [2.75, 3.05) is 0 Å². The van der Waals surface area contributed by atoms with E-state index in [4.69, 9.17) is 69.6 Å². The molecule has 4 nitrogen and oxygen atoms in total. The third-order valence-corrected chi connectivity index (χ3v) is 10.1. The summed E-state index contributed by atoms with van der Waals surface area (Å²) < 4.78 is -0.436. The lowest BCUT2D eigenvalue weighted by molar-refractivity contribution is 0.122. The van der Waals surface area contributed by atoms with E-state index in [1.807, 2.05) is 0 Å². The van der Waals surface area contributed by atoms with Gasteiger partial charge in [-0.2, -0.15) is 0 Å². The number of nitrogens with zero attached hydrogens (tertiary/aromatic N) is 1. The maximum Gasteiger partial charge on any atom is 0.200 e. The first-order chi connectivity index (χ1) is 12.5. The fraction of sp³-hybridized carbons (Fsp3) is 0.667. The minimum absolute atomic E-state index is 0.0539. The number of nitrogens with one attached hydrogen (secondary N) is 1. The minimum atomic E-state index is -1.89. The zero-order valence-corrected chi connectivity index (χ0v) is 20.1. The lowest BCUT2D eigenvalue weighted by Gasteiger charge is -2.47. The van der Waals surface area contributed by atoms with Crippen LogP contribution in [0, 0.1) is 0 Å². The van der Waals surface area contributed by atoms with Crippen LogP contribution in [0.1, 0.15) is 57.7 Å². The molecule has 0 radical (unpaired) electrons. The van der Waals surface area contributed by atoms with Gasteiger partial charge in [0, 0.05) is 17.1 Å². The first kappa shape index (κ1) is 21.5. The van der Waals surface area contributed by atoms with Crippen molar-refractivity contribution in [2.24, 2.45) is 0 Å². The summed E-state index contributed by atoms with van der Waals surface area (Å²) in [5.74, 6) is -0.506. The Labute approximate surface area is 193 Å². The molecule has 2 atom stereocenters. The van der Waals surface area contributed by atoms with Crippen molar-refractivity contribution in [3.63, 3.8) is 0 Å². The molecule has 1 saturated heterocycles. The van der Waals surface area contributed by atoms with Gasteiger partial charge in [0.2, 0.25) is 0 Å². The highest BCUT2D eigenvalue weighted by Crippen LogP contribution is 2.80. The molecule has 2 unspecified atom stereocenters. The fourth-order valence-electron chi connectivity index (χ4n) is 5.36. The number of rotatable bonds is 1. The molecule has 3 N–H and O–H groups in total. The van der Waals surface area contributed by atoms with Gasteiger partial charge in [0.25, 0.3) is 0 Å². The summed E-state index contributed by atoms with van der Waals surface area (Å²) >= 11 is 39.3. The van der Waals surface area contributed by atoms with Crippen molar-refractivity contribution < 1.29 is 10.2 Å². The summed E-state index contributed by atoms with van der Waals surface area (Å²) in [6, 6.07) is -0.227. The molecule has 10 heteroatoms. The molecule has 0 saturated carbocycles. The second-order valence-corrected chi connectivity index (χ2v) is 12.5. The maximum absolute atomic E-state index is 11.2. The van der Waals surface area contributed by atoms with Crippen molar-refractivity contribution in [1.29, 1.82) is 0 Å². The van der Waals surface area contributed by atoms with Crippen molar-refractivity contribution in [2.45, 2.75) is 71.7 Å². The van der Waals surface area contributed by atoms with Gasteiger partial charge >= 0.3 is 0 Å². The smallest absolute Gasteiger partial charge is 0.200 e. The maximum atomic E-state index is 11.2. The Morgan fingerprint density at radius 3 is 1.54 bits per heavy atom. The SMILES string of the molecule is CC1(C)CC(n2c(O)c3c(c2O)C2(Cl)C(Cl)=C(Cl)C3(Cl)C2(Cl)Cl)CC(C)(C)N1. The molecule has 2 aliphatic carbocycles. The van der Waals surface area contributed by atoms with Crippen LogP contribution in [0.15, 0.2) is 10.1 Å². The molecule has 1 fully saturated rings. The standard InChI is InChI=1S/C18H20Cl6N2O2/c1-14(2)5-7(6-15(3,4)25-14)26-12(27)8-9(13(26)28)17(22)11(20)10(19)16(8,21)18(17,23)24/h7,25,27-28H,5-6H2,1-4H3. The van der Waals surface area contributed by atoms with Gasteiger partial charge in [-0.1, -0.05) is 46.4 Å². The van der Waals surface area contributed by atoms with Crippen LogP contribution in [0.4, 0.5) is 0 Å². The van der Waals surface area contributed by atoms with Gasteiger partial charge in [-0.15, -0.1) is 23.2 Å². The Hall–Kier alpha value is 0.320. The largest absolute Gasteiger partial charge is 0.494 e. The number of alkyl halides is 4. The Kier molecular flexibility index (Phi) is 4.43. The molecular weight excluding hydrogens is 489 g/mol. The highest BCUT2D eigenvalue weighted by atomic mass is 35.5. The van der Waals surface area contributed by atoms with Crippen LogP contribution in [0.25, 0.3) is 0 Å². The average molecular weight is 509 g/mol. The Bertz CT molecular complexity index is 869. The number of allylic oxidation sites excluding steroid dienone is 2. The quantitative estimate of drug-likeness (QED) is 0.399. The summed E-state index contributed by atoms with van der Waals surface area (Å²) in [6.45, 7) is 8.28. The van der Waals surface area contributed by atoms with Crippen LogP contribution >= 0.6 is 69.6 Å². The number of halogens is 6. The predicted octanol–water partition coefficient (Wildman–Crippen LogP) is 6.14. The lowest BCUT2D eigenvalue weighted by atomic mass is 9.79. The number of piperidine rings is 1. The second kappa shape index (κ2) is 5.76. The van der Waals surface area contributed by atoms with Gasteiger partial charge < -0.3 is 15.5 Å². The molecule has 1 aliphatic heterocycles. The molecule has 1 aromatic rings. The predicted molar refractivity (Wildman–Crippen MR) is 116 cm³/mol. The number of aromatic hydroxyl groups is 2. The number of aromatic nitrogens is 1. The third kappa shape index (κ3) is 2.26. The van der Waals surface area contributed by atoms with E-state index in [9.17, 15) is 10.2 Å². The molecule has 0 amide bonds. The highest BCUT2D eigenvalue weighted by Gasteiger charge is 2.80. The molecule has 3 aliphatic rings. The summed E-state index contributed by atoms with van der Waals surface area (Å²) in [7, 11) is 0. The lowest BCUT2D eigenvalue weighted by Crippen LogP contribution is -2.57. The molecule has 0 aromatic carbocycles. The molecule has 2 bridgehead atoms. The van der Waals surface area contributed by atoms with Crippen molar-refractivity contribution in [3.8, 4) is 11.8 Å². The zero-order chi connectivity index (χ0) is 21.2. The van der Waals surface area contributed by atoms with Crippen LogP contribution in [-0.2, 0) is 9.75 Å². The second-order valence-electron chi connectivity index (χ2n) is 9.24. The topological polar surface area (TPSA) is 57.4 Å². The van der Waals surface area contributed by atoms with E-state index in [1.165, 1.54) is 4.57 Å². The summed E-state index contributed by atoms with van der Waals surface area (Å²) in [5, 5.41) is 25.8. The number of hydrogen-bond acceptors (Lipinski definition) is 3. The van der Waals surface area contributed by atoms with Gasteiger partial charge in [-0.05, 0) is 40.5 Å². The Balaban J connectivity index is 1.96. The van der Waals surface area contributed by atoms with Crippen molar-refractivity contribution >= 4 is 69.6 Å². The van der Waals surface area contributed by atoms with Crippen LogP contribution in [0.5, 0.6) is 11.8 Å². The Morgan fingerprint density at radius 1 is 0.821 bits per heavy atom. The van der Waals surface area contributed by atoms with Crippen LogP contribution in [-0.4, -0.2) is 30.2 Å². The van der Waals surface area contributed by atoms with Crippen molar-refractivity contribution in [1.82, 2.24) is 9.88 Å². The van der Waals surface area contributed by atoms with Gasteiger partial charge in [-0.25, -0.2) is 0 Å². The molecule has 4 rings (SSSR count).